The fourth-order valence-corrected chi connectivity index (χ4v) is 4.80. The Morgan fingerprint density at radius 3 is 2.71 bits per heavy atom. The second-order valence-electron chi connectivity index (χ2n) is 7.63. The number of H-pyrrole nitrogens is 1. The molecule has 3 heterocycles. The molecular weight excluding hydrogens is 416 g/mol. The minimum absolute atomic E-state index is 0.339. The van der Waals surface area contributed by atoms with E-state index in [9.17, 15) is 9.90 Å². The zero-order chi connectivity index (χ0) is 21.6. The molecule has 1 aromatic carbocycles. The van der Waals surface area contributed by atoms with E-state index < -0.39 is 11.9 Å². The van der Waals surface area contributed by atoms with Crippen molar-refractivity contribution in [1.82, 2.24) is 25.6 Å². The van der Waals surface area contributed by atoms with Crippen LogP contribution in [0.15, 0.2) is 29.6 Å². The van der Waals surface area contributed by atoms with Gasteiger partial charge in [-0.1, -0.05) is 42.8 Å². The number of carbonyl (C=O) groups is 1. The predicted molar refractivity (Wildman–Crippen MR) is 117 cm³/mol. The first kappa shape index (κ1) is 21.4. The number of tetrazole rings is 1. The Labute approximate surface area is 184 Å². The van der Waals surface area contributed by atoms with Crippen molar-refractivity contribution in [2.24, 2.45) is 5.92 Å². The van der Waals surface area contributed by atoms with E-state index >= 15 is 0 Å². The number of thiazole rings is 1. The number of benzene rings is 1. The topological polar surface area (TPSA) is 117 Å². The average Bonchev–Trinajstić information content (AvgIpc) is 3.50. The van der Waals surface area contributed by atoms with Crippen LogP contribution in [0.4, 0.5) is 5.13 Å². The van der Waals surface area contributed by atoms with Crippen LogP contribution in [0.2, 0.25) is 0 Å². The maximum atomic E-state index is 11.9. The molecule has 1 fully saturated rings. The number of aromatic amines is 1. The van der Waals surface area contributed by atoms with E-state index in [1.165, 1.54) is 0 Å². The maximum Gasteiger partial charge on any atom is 0.307 e. The summed E-state index contributed by atoms with van der Waals surface area (Å²) in [5.41, 5.74) is 3.02. The van der Waals surface area contributed by atoms with Crippen molar-refractivity contribution < 1.29 is 14.6 Å². The number of aromatic nitrogens is 5. The third-order valence-corrected chi connectivity index (χ3v) is 6.48. The van der Waals surface area contributed by atoms with Crippen LogP contribution in [-0.4, -0.2) is 63.0 Å². The number of carboxylic acid groups (broad SMARTS) is 1. The Morgan fingerprint density at radius 1 is 1.29 bits per heavy atom. The van der Waals surface area contributed by atoms with E-state index in [0.717, 1.165) is 54.7 Å². The Hall–Kier alpha value is -2.85. The number of anilines is 1. The molecule has 0 radical (unpaired) electrons. The molecule has 10 heteroatoms. The Kier molecular flexibility index (Phi) is 6.88. The van der Waals surface area contributed by atoms with Gasteiger partial charge in [-0.15, -0.1) is 21.5 Å². The summed E-state index contributed by atoms with van der Waals surface area (Å²) in [4.78, 5) is 18.9. The van der Waals surface area contributed by atoms with Crippen LogP contribution >= 0.6 is 11.3 Å². The lowest BCUT2D eigenvalue weighted by molar-refractivity contribution is -0.142. The predicted octanol–water partition coefficient (Wildman–Crippen LogP) is 2.99. The van der Waals surface area contributed by atoms with Gasteiger partial charge in [-0.3, -0.25) is 4.79 Å². The lowest BCUT2D eigenvalue weighted by Gasteiger charge is -2.26. The molecule has 0 spiro atoms. The van der Waals surface area contributed by atoms with Crippen LogP contribution in [-0.2, 0) is 16.0 Å². The third kappa shape index (κ3) is 5.08. The Balaban J connectivity index is 1.50. The molecule has 0 aliphatic carbocycles. The molecule has 164 valence electrons. The molecule has 0 bridgehead atoms. The summed E-state index contributed by atoms with van der Waals surface area (Å²) in [5.74, 6) is -1.28. The number of aliphatic carboxylic acids is 1. The zero-order valence-corrected chi connectivity index (χ0v) is 18.2. The van der Waals surface area contributed by atoms with Crippen LogP contribution < -0.4 is 4.90 Å². The van der Waals surface area contributed by atoms with Crippen molar-refractivity contribution in [1.29, 1.82) is 0 Å². The largest absolute Gasteiger partial charge is 0.481 e. The van der Waals surface area contributed by atoms with Crippen LogP contribution in [0.5, 0.6) is 0 Å². The van der Waals surface area contributed by atoms with Gasteiger partial charge in [0.05, 0.1) is 24.8 Å². The highest BCUT2D eigenvalue weighted by Crippen LogP contribution is 2.32. The molecule has 1 aliphatic heterocycles. The number of hydrogen-bond donors (Lipinski definition) is 2. The van der Waals surface area contributed by atoms with Gasteiger partial charge in [-0.05, 0) is 18.4 Å². The van der Waals surface area contributed by atoms with Crippen LogP contribution in [0.1, 0.15) is 37.1 Å². The highest BCUT2D eigenvalue weighted by atomic mass is 32.1. The van der Waals surface area contributed by atoms with Crippen molar-refractivity contribution in [3.05, 3.63) is 41.0 Å². The van der Waals surface area contributed by atoms with E-state index in [4.69, 9.17) is 9.72 Å². The Bertz CT molecular complexity index is 969. The number of morpholine rings is 1. The van der Waals surface area contributed by atoms with Crippen LogP contribution in [0, 0.1) is 5.92 Å². The number of nitrogens with zero attached hydrogens (tertiary/aromatic N) is 5. The number of hydrogen-bond acceptors (Lipinski definition) is 8. The molecule has 1 aliphatic rings. The quantitative estimate of drug-likeness (QED) is 0.519. The molecule has 0 saturated carbocycles. The normalized spacial score (nSPS) is 16.2. The first-order valence-corrected chi connectivity index (χ1v) is 11.4. The molecule has 0 amide bonds. The molecule has 1 saturated heterocycles. The Morgan fingerprint density at radius 2 is 2.06 bits per heavy atom. The summed E-state index contributed by atoms with van der Waals surface area (Å²) in [6.07, 6.45) is 1.88. The van der Waals surface area contributed by atoms with Gasteiger partial charge in [0.25, 0.3) is 0 Å². The van der Waals surface area contributed by atoms with Crippen LogP contribution in [0.25, 0.3) is 11.3 Å². The van der Waals surface area contributed by atoms with E-state index in [0.29, 0.717) is 18.7 Å². The number of carboxylic acids is 1. The van der Waals surface area contributed by atoms with E-state index in [1.807, 2.05) is 31.2 Å². The molecule has 3 aromatic rings. The summed E-state index contributed by atoms with van der Waals surface area (Å²) in [6.45, 7) is 5.19. The second kappa shape index (κ2) is 9.97. The van der Waals surface area contributed by atoms with Crippen molar-refractivity contribution in [3.8, 4) is 11.3 Å². The van der Waals surface area contributed by atoms with Crippen molar-refractivity contribution >= 4 is 22.4 Å². The first-order valence-electron chi connectivity index (χ1n) is 10.5. The summed E-state index contributed by atoms with van der Waals surface area (Å²) in [7, 11) is 0. The number of nitrogens with one attached hydrogen (secondary N) is 1. The molecule has 4 rings (SSSR count). The SMILES string of the molecule is CCC[C@H](C(=O)O)[C@H](Cc1ccc(-c2csc(N3CCOCC3)n2)cc1)c1nn[nH]n1. The third-order valence-electron chi connectivity index (χ3n) is 5.57. The van der Waals surface area contributed by atoms with Gasteiger partial charge >= 0.3 is 5.97 Å². The maximum absolute atomic E-state index is 11.9. The monoisotopic (exact) mass is 442 g/mol. The number of ether oxygens (including phenoxy) is 1. The molecule has 31 heavy (non-hydrogen) atoms. The average molecular weight is 443 g/mol. The molecule has 2 atom stereocenters. The smallest absolute Gasteiger partial charge is 0.307 e. The van der Waals surface area contributed by atoms with Gasteiger partial charge in [0.2, 0.25) is 0 Å². The van der Waals surface area contributed by atoms with E-state index in [1.54, 1.807) is 11.3 Å². The van der Waals surface area contributed by atoms with Crippen molar-refractivity contribution in [2.75, 3.05) is 31.2 Å². The van der Waals surface area contributed by atoms with Gasteiger partial charge in [0.15, 0.2) is 11.0 Å². The highest BCUT2D eigenvalue weighted by molar-refractivity contribution is 7.14. The fourth-order valence-electron chi connectivity index (χ4n) is 3.91. The van der Waals surface area contributed by atoms with E-state index in [-0.39, 0.29) is 5.92 Å². The van der Waals surface area contributed by atoms with Crippen molar-refractivity contribution in [2.45, 2.75) is 32.1 Å². The molecule has 2 N–H and O–H groups in total. The summed E-state index contributed by atoms with van der Waals surface area (Å²) < 4.78 is 5.41. The van der Waals surface area contributed by atoms with Gasteiger partial charge in [0, 0.05) is 30.0 Å². The summed E-state index contributed by atoms with van der Waals surface area (Å²) >= 11 is 1.64. The molecule has 2 aromatic heterocycles. The van der Waals surface area contributed by atoms with Crippen molar-refractivity contribution in [3.63, 3.8) is 0 Å². The molecule has 9 nitrogen and oxygen atoms in total. The second-order valence-corrected chi connectivity index (χ2v) is 8.46. The van der Waals surface area contributed by atoms with Gasteiger partial charge in [-0.2, -0.15) is 5.21 Å². The molecular formula is C21H26N6O3S. The summed E-state index contributed by atoms with van der Waals surface area (Å²) in [5, 5.41) is 27.1. The fraction of sp³-hybridized carbons (Fsp3) is 0.476. The van der Waals surface area contributed by atoms with Crippen LogP contribution in [0.3, 0.4) is 0 Å². The minimum atomic E-state index is -0.827. The number of rotatable bonds is 9. The van der Waals surface area contributed by atoms with Gasteiger partial charge in [0.1, 0.15) is 0 Å². The summed E-state index contributed by atoms with van der Waals surface area (Å²) in [6, 6.07) is 8.13. The lowest BCUT2D eigenvalue weighted by atomic mass is 9.83. The zero-order valence-electron chi connectivity index (χ0n) is 17.4. The molecule has 0 unspecified atom stereocenters. The minimum Gasteiger partial charge on any atom is -0.481 e. The van der Waals surface area contributed by atoms with E-state index in [2.05, 4.69) is 30.9 Å². The van der Waals surface area contributed by atoms with Gasteiger partial charge in [-0.25, -0.2) is 4.98 Å². The first-order chi connectivity index (χ1) is 15.2. The standard InChI is InChI=1S/C21H26N6O3S/c1-2-3-16(20(28)29)17(19-23-25-26-24-19)12-14-4-6-15(7-5-14)18-13-31-21(22-18)27-8-10-30-11-9-27/h4-7,13,16-17H,2-3,8-12H2,1H3,(H,28,29)(H,23,24,25,26)/t16-,17-/m0/s1. The van der Waals surface area contributed by atoms with Gasteiger partial charge < -0.3 is 14.7 Å². The highest BCUT2D eigenvalue weighted by Gasteiger charge is 2.32. The lowest BCUT2D eigenvalue weighted by Crippen LogP contribution is -2.36.